The number of benzene rings is 2. The molecule has 2 aromatic carbocycles. The van der Waals surface area contributed by atoms with Crippen LogP contribution in [0.25, 0.3) is 5.57 Å². The van der Waals surface area contributed by atoms with E-state index < -0.39 is 17.4 Å². The molecule has 2 aromatic rings. The predicted octanol–water partition coefficient (Wildman–Crippen LogP) is 0.688. The molecule has 0 aliphatic carbocycles. The summed E-state index contributed by atoms with van der Waals surface area (Å²) in [5.41, 5.74) is 25.8. The average Bonchev–Trinajstić information content (AvgIpc) is 2.82. The minimum atomic E-state index is -2.03. The van der Waals surface area contributed by atoms with E-state index in [4.69, 9.17) is 27.7 Å². The normalized spacial score (nSPS) is 15.5. The third-order valence-electron chi connectivity index (χ3n) is 5.26. The van der Waals surface area contributed by atoms with Crippen LogP contribution >= 0.6 is 0 Å². The summed E-state index contributed by atoms with van der Waals surface area (Å²) in [4.78, 5) is 13.3. The topological polar surface area (TPSA) is 154 Å². The van der Waals surface area contributed by atoms with E-state index in [9.17, 15) is 9.90 Å². The number of nitrogens with zero attached hydrogens (tertiary/aromatic N) is 1. The number of fused-ring (bicyclic) bond motifs is 2. The van der Waals surface area contributed by atoms with Crippen molar-refractivity contribution < 1.29 is 14.6 Å². The first-order valence-electron chi connectivity index (χ1n) is 9.16. The minimum Gasteiger partial charge on any atom is -0.488 e. The highest BCUT2D eigenvalue weighted by atomic mass is 16.5. The molecule has 8 heteroatoms. The van der Waals surface area contributed by atoms with Gasteiger partial charge in [0.1, 0.15) is 18.1 Å². The van der Waals surface area contributed by atoms with Gasteiger partial charge in [0.15, 0.2) is 5.66 Å². The zero-order chi connectivity index (χ0) is 21.4. The van der Waals surface area contributed by atoms with Crippen LogP contribution in [-0.2, 0) is 17.1 Å². The molecule has 0 aromatic heterocycles. The largest absolute Gasteiger partial charge is 0.488 e. The minimum absolute atomic E-state index is 0.261. The van der Waals surface area contributed by atoms with Crippen LogP contribution in [0.3, 0.4) is 0 Å². The summed E-state index contributed by atoms with van der Waals surface area (Å²) in [6.45, 7) is 0.374. The number of hydrogen-bond donors (Lipinski definition) is 5. The fourth-order valence-electron chi connectivity index (χ4n) is 3.12. The van der Waals surface area contributed by atoms with E-state index in [2.05, 4.69) is 0 Å². The predicted molar refractivity (Wildman–Crippen MR) is 111 cm³/mol. The highest BCUT2D eigenvalue weighted by Crippen LogP contribution is 2.38. The molecule has 1 aliphatic rings. The second-order valence-corrected chi connectivity index (χ2v) is 7.54. The highest BCUT2D eigenvalue weighted by molar-refractivity contribution is 5.87. The first-order valence-corrected chi connectivity index (χ1v) is 9.16. The maximum absolute atomic E-state index is 11.5. The standard InChI is InChI=1S/C21H27N5O3/c1-26(2)20(22,23)10-9-16-15-6-4-3-5-13(15)12-29-18-8-7-14(11-17(16)18)21(24,25)19(27)28/h3-9,11H,10,12,22-25H2,1-2H3,(H,27,28). The number of hydrogen-bond acceptors (Lipinski definition) is 7. The molecule has 0 atom stereocenters. The van der Waals surface area contributed by atoms with Crippen molar-refractivity contribution >= 4 is 11.5 Å². The van der Waals surface area contributed by atoms with Gasteiger partial charge in [-0.1, -0.05) is 36.4 Å². The van der Waals surface area contributed by atoms with E-state index in [0.717, 1.165) is 16.7 Å². The molecule has 0 saturated carbocycles. The number of carbonyl (C=O) groups is 1. The third kappa shape index (κ3) is 4.02. The van der Waals surface area contributed by atoms with Crippen molar-refractivity contribution in [2.75, 3.05) is 14.1 Å². The van der Waals surface area contributed by atoms with Gasteiger partial charge in [0.05, 0.1) is 0 Å². The van der Waals surface area contributed by atoms with E-state index in [1.807, 2.05) is 30.3 Å². The van der Waals surface area contributed by atoms with Crippen molar-refractivity contribution in [3.8, 4) is 5.75 Å². The van der Waals surface area contributed by atoms with Gasteiger partial charge < -0.3 is 32.8 Å². The molecule has 0 unspecified atom stereocenters. The molecule has 0 radical (unpaired) electrons. The summed E-state index contributed by atoms with van der Waals surface area (Å²) >= 11 is 0. The first-order chi connectivity index (χ1) is 13.5. The third-order valence-corrected chi connectivity index (χ3v) is 5.26. The maximum atomic E-state index is 11.5. The number of aliphatic carboxylic acids is 1. The summed E-state index contributed by atoms with van der Waals surface area (Å²) in [7, 11) is 3.61. The summed E-state index contributed by atoms with van der Waals surface area (Å²) in [6.07, 6.45) is 2.29. The Morgan fingerprint density at radius 2 is 1.83 bits per heavy atom. The summed E-state index contributed by atoms with van der Waals surface area (Å²) in [6, 6.07) is 12.7. The Balaban J connectivity index is 2.19. The van der Waals surface area contributed by atoms with E-state index >= 15 is 0 Å². The molecule has 0 saturated heterocycles. The Morgan fingerprint density at radius 1 is 1.14 bits per heavy atom. The van der Waals surface area contributed by atoms with Gasteiger partial charge in [0.25, 0.3) is 0 Å². The second-order valence-electron chi connectivity index (χ2n) is 7.54. The Morgan fingerprint density at radius 3 is 2.48 bits per heavy atom. The van der Waals surface area contributed by atoms with Gasteiger partial charge in [-0.05, 0) is 48.5 Å². The lowest BCUT2D eigenvalue weighted by molar-refractivity contribution is -0.143. The quantitative estimate of drug-likeness (QED) is 0.462. The molecule has 1 aliphatic heterocycles. The van der Waals surface area contributed by atoms with Crippen LogP contribution in [0, 0.1) is 0 Å². The van der Waals surface area contributed by atoms with Crippen molar-refractivity contribution in [3.63, 3.8) is 0 Å². The van der Waals surface area contributed by atoms with Crippen molar-refractivity contribution in [1.82, 2.24) is 4.90 Å². The Labute approximate surface area is 169 Å². The molecular weight excluding hydrogens is 370 g/mol. The second kappa shape index (κ2) is 7.58. The van der Waals surface area contributed by atoms with Crippen molar-refractivity contribution in [3.05, 3.63) is 70.8 Å². The van der Waals surface area contributed by atoms with Crippen LogP contribution in [0.4, 0.5) is 0 Å². The number of nitrogens with two attached hydrogens (primary N) is 4. The van der Waals surface area contributed by atoms with Gasteiger partial charge in [-0.2, -0.15) is 0 Å². The average molecular weight is 397 g/mol. The summed E-state index contributed by atoms with van der Waals surface area (Å²) < 4.78 is 5.97. The van der Waals surface area contributed by atoms with Gasteiger partial charge >= 0.3 is 5.97 Å². The summed E-state index contributed by atoms with van der Waals surface area (Å²) in [5.74, 6) is -1.78. The highest BCUT2D eigenvalue weighted by Gasteiger charge is 2.33. The van der Waals surface area contributed by atoms with Crippen LogP contribution in [0.1, 0.15) is 28.7 Å². The Hall–Kier alpha value is -2.75. The number of ether oxygens (including phenoxy) is 1. The lowest BCUT2D eigenvalue weighted by atomic mass is 9.90. The molecule has 0 amide bonds. The van der Waals surface area contributed by atoms with Crippen molar-refractivity contribution in [2.45, 2.75) is 24.5 Å². The maximum Gasteiger partial charge on any atom is 0.343 e. The van der Waals surface area contributed by atoms with E-state index in [-0.39, 0.29) is 5.56 Å². The van der Waals surface area contributed by atoms with Crippen LogP contribution in [0.15, 0.2) is 48.5 Å². The molecule has 29 heavy (non-hydrogen) atoms. The molecule has 154 valence electrons. The smallest absolute Gasteiger partial charge is 0.343 e. The van der Waals surface area contributed by atoms with Gasteiger partial charge in [0, 0.05) is 12.0 Å². The van der Waals surface area contributed by atoms with Gasteiger partial charge in [-0.15, -0.1) is 0 Å². The van der Waals surface area contributed by atoms with E-state index in [1.54, 1.807) is 37.2 Å². The number of carboxylic acid groups (broad SMARTS) is 1. The molecule has 0 spiro atoms. The molecule has 8 nitrogen and oxygen atoms in total. The fraction of sp³-hybridized carbons (Fsp3) is 0.286. The SMILES string of the molecule is CN(C)C(N)(N)CC=C1c2ccccc2COc2ccc(C(N)(N)C(=O)O)cc21. The van der Waals surface area contributed by atoms with Gasteiger partial charge in [0.2, 0.25) is 0 Å². The number of rotatable bonds is 5. The molecular formula is C21H27N5O3. The van der Waals surface area contributed by atoms with Crippen LogP contribution in [0.2, 0.25) is 0 Å². The van der Waals surface area contributed by atoms with Crippen molar-refractivity contribution in [1.29, 1.82) is 0 Å². The zero-order valence-electron chi connectivity index (χ0n) is 16.6. The Kier molecular flexibility index (Phi) is 5.48. The van der Waals surface area contributed by atoms with Crippen LogP contribution < -0.4 is 27.7 Å². The fourth-order valence-corrected chi connectivity index (χ4v) is 3.12. The zero-order valence-corrected chi connectivity index (χ0v) is 16.6. The molecule has 3 rings (SSSR count). The lowest BCUT2D eigenvalue weighted by Gasteiger charge is -2.31. The van der Waals surface area contributed by atoms with Gasteiger partial charge in [-0.25, -0.2) is 4.79 Å². The van der Waals surface area contributed by atoms with E-state index in [0.29, 0.717) is 24.3 Å². The Bertz CT molecular complexity index is 967. The summed E-state index contributed by atoms with van der Waals surface area (Å²) in [5, 5.41) is 9.41. The van der Waals surface area contributed by atoms with Crippen LogP contribution in [-0.4, -0.2) is 35.9 Å². The molecule has 0 fully saturated rings. The van der Waals surface area contributed by atoms with E-state index in [1.165, 1.54) is 0 Å². The molecule has 9 N–H and O–H groups in total. The van der Waals surface area contributed by atoms with Crippen LogP contribution in [0.5, 0.6) is 5.75 Å². The number of carboxylic acids is 1. The van der Waals surface area contributed by atoms with Gasteiger partial charge in [-0.3, -0.25) is 4.90 Å². The lowest BCUT2D eigenvalue weighted by Crippen LogP contribution is -2.59. The molecule has 0 bridgehead atoms. The first kappa shape index (κ1) is 21.0. The monoisotopic (exact) mass is 397 g/mol. The molecule has 1 heterocycles. The van der Waals surface area contributed by atoms with Crippen molar-refractivity contribution in [2.24, 2.45) is 22.9 Å².